The summed E-state index contributed by atoms with van der Waals surface area (Å²) in [5.74, 6) is -1.98. The normalized spacial score (nSPS) is 13.4. The van der Waals surface area contributed by atoms with Crippen molar-refractivity contribution < 1.29 is 28.2 Å². The van der Waals surface area contributed by atoms with Gasteiger partial charge in [0.15, 0.2) is 0 Å². The van der Waals surface area contributed by atoms with Crippen LogP contribution in [0.1, 0.15) is 16.8 Å². The molecule has 0 amide bonds. The molecule has 0 atom stereocenters. The average Bonchev–Trinajstić information content (AvgIpc) is 3.10. The Balaban J connectivity index is 1.65. The standard InChI is InChI=1S/C24H24F2N2O4S/c25-17-12-19(26)22-18-6-7-27(14-16-4-2-1-3-5-16)24(33)23(18)28(20(22)13-17)15-21(30)32-11-10-31-9-8-29/h1-5,12-13,29H,6-11,14-15H2. The molecule has 1 N–H and O–H groups in total. The maximum Gasteiger partial charge on any atom is 0.326 e. The number of halogens is 2. The van der Waals surface area contributed by atoms with E-state index in [1.165, 1.54) is 6.07 Å². The van der Waals surface area contributed by atoms with Crippen LogP contribution in [0, 0.1) is 11.6 Å². The number of aromatic nitrogens is 1. The molecule has 1 aliphatic heterocycles. The highest BCUT2D eigenvalue weighted by Gasteiger charge is 2.31. The van der Waals surface area contributed by atoms with E-state index in [4.69, 9.17) is 26.8 Å². The van der Waals surface area contributed by atoms with Gasteiger partial charge in [-0.15, -0.1) is 0 Å². The average molecular weight is 475 g/mol. The molecule has 0 spiro atoms. The highest BCUT2D eigenvalue weighted by molar-refractivity contribution is 7.80. The maximum absolute atomic E-state index is 14.8. The second kappa shape index (κ2) is 10.4. The Labute approximate surface area is 195 Å². The van der Waals surface area contributed by atoms with Gasteiger partial charge in [0.25, 0.3) is 0 Å². The van der Waals surface area contributed by atoms with Gasteiger partial charge in [-0.2, -0.15) is 0 Å². The molecule has 4 rings (SSSR count). The predicted octanol–water partition coefficient (Wildman–Crippen LogP) is 3.21. The van der Waals surface area contributed by atoms with Crippen molar-refractivity contribution >= 4 is 34.1 Å². The number of hydrogen-bond donors (Lipinski definition) is 1. The maximum atomic E-state index is 14.8. The molecule has 6 nitrogen and oxygen atoms in total. The van der Waals surface area contributed by atoms with E-state index in [1.54, 1.807) is 4.57 Å². The van der Waals surface area contributed by atoms with E-state index in [1.807, 2.05) is 35.2 Å². The van der Waals surface area contributed by atoms with Gasteiger partial charge in [-0.25, -0.2) is 8.78 Å². The first-order valence-electron chi connectivity index (χ1n) is 10.7. The fourth-order valence-corrected chi connectivity index (χ4v) is 4.52. The molecule has 3 aromatic rings. The monoisotopic (exact) mass is 474 g/mol. The van der Waals surface area contributed by atoms with Crippen LogP contribution >= 0.6 is 12.2 Å². The van der Waals surface area contributed by atoms with Crippen LogP contribution < -0.4 is 0 Å². The molecular weight excluding hydrogens is 450 g/mol. The molecule has 0 saturated carbocycles. The second-order valence-corrected chi connectivity index (χ2v) is 8.10. The zero-order valence-electron chi connectivity index (χ0n) is 17.9. The number of rotatable bonds is 9. The summed E-state index contributed by atoms with van der Waals surface area (Å²) in [5, 5.41) is 9.01. The van der Waals surface area contributed by atoms with E-state index in [2.05, 4.69) is 0 Å². The summed E-state index contributed by atoms with van der Waals surface area (Å²) in [6, 6.07) is 11.9. The molecule has 1 aliphatic rings. The van der Waals surface area contributed by atoms with Gasteiger partial charge in [-0.1, -0.05) is 42.5 Å². The minimum Gasteiger partial charge on any atom is -0.462 e. The molecule has 0 bridgehead atoms. The highest BCUT2D eigenvalue weighted by atomic mass is 32.1. The fraction of sp³-hybridized carbons (Fsp3) is 0.333. The summed E-state index contributed by atoms with van der Waals surface area (Å²) in [6.07, 6.45) is 0.512. The Kier molecular flexibility index (Phi) is 7.32. The molecule has 1 aromatic heterocycles. The van der Waals surface area contributed by atoms with Gasteiger partial charge in [0.05, 0.1) is 31.0 Å². The number of benzene rings is 2. The quantitative estimate of drug-likeness (QED) is 0.292. The SMILES string of the molecule is O=C(Cn1c2c(c3c(F)cc(F)cc31)CCN(Cc1ccccc1)C2=S)OCCOCCO. The van der Waals surface area contributed by atoms with E-state index in [0.717, 1.165) is 11.6 Å². The number of carbonyl (C=O) groups excluding carboxylic acids is 1. The molecule has 0 fully saturated rings. The van der Waals surface area contributed by atoms with Gasteiger partial charge < -0.3 is 24.0 Å². The molecule has 174 valence electrons. The lowest BCUT2D eigenvalue weighted by molar-refractivity contribution is -0.145. The summed E-state index contributed by atoms with van der Waals surface area (Å²) in [5.41, 5.74) is 2.57. The van der Waals surface area contributed by atoms with Crippen molar-refractivity contribution in [2.24, 2.45) is 0 Å². The molecule has 0 radical (unpaired) electrons. The van der Waals surface area contributed by atoms with Crippen LogP contribution in [0.2, 0.25) is 0 Å². The molecule has 33 heavy (non-hydrogen) atoms. The molecular formula is C24H24F2N2O4S. The number of aliphatic hydroxyl groups excluding tert-OH is 1. The van der Waals surface area contributed by atoms with Crippen LogP contribution in [0.3, 0.4) is 0 Å². The predicted molar refractivity (Wildman–Crippen MR) is 123 cm³/mol. The fourth-order valence-electron chi connectivity index (χ4n) is 4.13. The van der Waals surface area contributed by atoms with Crippen LogP contribution in [0.5, 0.6) is 0 Å². The smallest absolute Gasteiger partial charge is 0.326 e. The van der Waals surface area contributed by atoms with Crippen molar-refractivity contribution in [1.29, 1.82) is 0 Å². The number of nitrogens with zero attached hydrogens (tertiary/aromatic N) is 2. The van der Waals surface area contributed by atoms with Crippen molar-refractivity contribution in [1.82, 2.24) is 9.47 Å². The van der Waals surface area contributed by atoms with Gasteiger partial charge in [-0.3, -0.25) is 4.79 Å². The van der Waals surface area contributed by atoms with E-state index >= 15 is 0 Å². The van der Waals surface area contributed by atoms with E-state index in [0.29, 0.717) is 35.8 Å². The zero-order valence-corrected chi connectivity index (χ0v) is 18.7. The van der Waals surface area contributed by atoms with Crippen molar-refractivity contribution in [2.45, 2.75) is 19.5 Å². The summed E-state index contributed by atoms with van der Waals surface area (Å²) < 4.78 is 40.8. The topological polar surface area (TPSA) is 63.9 Å². The molecule has 0 aliphatic carbocycles. The third-order valence-electron chi connectivity index (χ3n) is 5.53. The van der Waals surface area contributed by atoms with E-state index < -0.39 is 17.6 Å². The van der Waals surface area contributed by atoms with Crippen LogP contribution in [0.25, 0.3) is 10.9 Å². The van der Waals surface area contributed by atoms with Crippen LogP contribution in [0.15, 0.2) is 42.5 Å². The number of fused-ring (bicyclic) bond motifs is 3. The lowest BCUT2D eigenvalue weighted by atomic mass is 10.0. The van der Waals surface area contributed by atoms with Crippen molar-refractivity contribution in [2.75, 3.05) is 33.0 Å². The lowest BCUT2D eigenvalue weighted by Gasteiger charge is -2.31. The number of ether oxygens (including phenoxy) is 2. The zero-order chi connectivity index (χ0) is 23.4. The lowest BCUT2D eigenvalue weighted by Crippen LogP contribution is -2.38. The van der Waals surface area contributed by atoms with E-state index in [-0.39, 0.29) is 43.9 Å². The molecule has 9 heteroatoms. The second-order valence-electron chi connectivity index (χ2n) is 7.71. The molecule has 0 unspecified atom stereocenters. The number of hydrogen-bond acceptors (Lipinski definition) is 5. The Morgan fingerprint density at radius 2 is 1.91 bits per heavy atom. The first-order chi connectivity index (χ1) is 16.0. The van der Waals surface area contributed by atoms with E-state index in [9.17, 15) is 13.6 Å². The van der Waals surface area contributed by atoms with Crippen molar-refractivity contribution in [3.8, 4) is 0 Å². The van der Waals surface area contributed by atoms with Gasteiger partial charge in [0, 0.05) is 24.5 Å². The Morgan fingerprint density at radius 1 is 1.12 bits per heavy atom. The third kappa shape index (κ3) is 5.05. The molecule has 2 aromatic carbocycles. The number of esters is 1. The van der Waals surface area contributed by atoms with Crippen molar-refractivity contribution in [3.05, 3.63) is 70.9 Å². The van der Waals surface area contributed by atoms with Crippen molar-refractivity contribution in [3.63, 3.8) is 0 Å². The summed E-state index contributed by atoms with van der Waals surface area (Å²) in [7, 11) is 0. The number of carbonyl (C=O) groups is 1. The summed E-state index contributed by atoms with van der Waals surface area (Å²) in [6.45, 7) is 1.10. The molecule has 2 heterocycles. The largest absolute Gasteiger partial charge is 0.462 e. The third-order valence-corrected chi connectivity index (χ3v) is 5.99. The summed E-state index contributed by atoms with van der Waals surface area (Å²) in [4.78, 5) is 15.0. The number of aliphatic hydroxyl groups is 1. The number of thiocarbonyl (C=S) groups is 1. The Morgan fingerprint density at radius 3 is 2.67 bits per heavy atom. The Bertz CT molecular complexity index is 1170. The first kappa shape index (κ1) is 23.3. The van der Waals surface area contributed by atoms with Crippen LogP contribution in [-0.2, 0) is 33.8 Å². The van der Waals surface area contributed by atoms with Crippen LogP contribution in [-0.4, -0.2) is 58.5 Å². The summed E-state index contributed by atoms with van der Waals surface area (Å²) >= 11 is 5.77. The minimum atomic E-state index is -0.728. The van der Waals surface area contributed by atoms with Gasteiger partial charge >= 0.3 is 5.97 Å². The highest BCUT2D eigenvalue weighted by Crippen LogP contribution is 2.34. The first-order valence-corrected chi connectivity index (χ1v) is 11.1. The van der Waals surface area contributed by atoms with Gasteiger partial charge in [0.2, 0.25) is 0 Å². The van der Waals surface area contributed by atoms with Crippen LogP contribution in [0.4, 0.5) is 8.78 Å². The van der Waals surface area contributed by atoms with Gasteiger partial charge in [0.1, 0.15) is 29.8 Å². The van der Waals surface area contributed by atoms with Gasteiger partial charge in [-0.05, 0) is 23.6 Å². The minimum absolute atomic E-state index is 0.00747. The Hall–Kier alpha value is -2.88. The molecule has 0 saturated heterocycles.